The van der Waals surface area contributed by atoms with Crippen LogP contribution in [0, 0.1) is 25.2 Å². The van der Waals surface area contributed by atoms with E-state index in [1.165, 1.54) is 0 Å². The molecule has 0 bridgehead atoms. The number of rotatable bonds is 4. The average molecular weight is 422 g/mol. The molecule has 1 unspecified atom stereocenters. The molecule has 0 fully saturated rings. The number of aliphatic hydroxyl groups excluding tert-OH is 1. The summed E-state index contributed by atoms with van der Waals surface area (Å²) in [6.07, 6.45) is 1.63. The third-order valence-electron chi connectivity index (χ3n) is 5.22. The summed E-state index contributed by atoms with van der Waals surface area (Å²) in [5.41, 5.74) is 3.78. The quantitative estimate of drug-likeness (QED) is 0.585. The molecule has 0 aliphatic carbocycles. The number of nitrogens with one attached hydrogen (secondary N) is 2. The van der Waals surface area contributed by atoms with Crippen LogP contribution in [0.3, 0.4) is 0 Å². The molecular formula is C21H20ClN7O. The van der Waals surface area contributed by atoms with Crippen molar-refractivity contribution in [3.8, 4) is 17.3 Å². The molecule has 3 aromatic rings. The zero-order chi connectivity index (χ0) is 21.5. The van der Waals surface area contributed by atoms with E-state index in [9.17, 15) is 10.4 Å². The highest BCUT2D eigenvalue weighted by Gasteiger charge is 2.35. The highest BCUT2D eigenvalue weighted by Crippen LogP contribution is 2.41. The van der Waals surface area contributed by atoms with Gasteiger partial charge in [-0.15, -0.1) is 0 Å². The number of aryl methyl sites for hydroxylation is 2. The molecule has 0 saturated heterocycles. The molecule has 3 heterocycles. The predicted octanol–water partition coefficient (Wildman–Crippen LogP) is 3.49. The zero-order valence-electron chi connectivity index (χ0n) is 16.8. The van der Waals surface area contributed by atoms with Gasteiger partial charge in [0.05, 0.1) is 29.2 Å². The Balaban J connectivity index is 1.75. The van der Waals surface area contributed by atoms with Gasteiger partial charge in [-0.05, 0) is 37.6 Å². The summed E-state index contributed by atoms with van der Waals surface area (Å²) in [6.45, 7) is 6.10. The fourth-order valence-corrected chi connectivity index (χ4v) is 3.66. The molecule has 0 saturated carbocycles. The van der Waals surface area contributed by atoms with Gasteiger partial charge in [-0.25, -0.2) is 19.9 Å². The molecule has 1 aromatic carbocycles. The van der Waals surface area contributed by atoms with Gasteiger partial charge in [-0.1, -0.05) is 18.5 Å². The lowest BCUT2D eigenvalue weighted by atomic mass is 9.83. The molecule has 30 heavy (non-hydrogen) atoms. The predicted molar refractivity (Wildman–Crippen MR) is 115 cm³/mol. The molecule has 1 atom stereocenters. The van der Waals surface area contributed by atoms with Crippen molar-refractivity contribution in [2.45, 2.75) is 26.2 Å². The number of fused-ring (bicyclic) bond motifs is 1. The van der Waals surface area contributed by atoms with Crippen LogP contribution in [0.4, 0.5) is 17.5 Å². The molecule has 1 aliphatic heterocycles. The second-order valence-electron chi connectivity index (χ2n) is 7.54. The molecule has 152 valence electrons. The molecule has 0 amide bonds. The van der Waals surface area contributed by atoms with Crippen LogP contribution in [0.5, 0.6) is 0 Å². The van der Waals surface area contributed by atoms with Crippen molar-refractivity contribution in [2.75, 3.05) is 23.8 Å². The van der Waals surface area contributed by atoms with E-state index in [-0.39, 0.29) is 6.61 Å². The minimum atomic E-state index is -0.464. The Morgan fingerprint density at radius 1 is 1.30 bits per heavy atom. The number of halogens is 1. The largest absolute Gasteiger partial charge is 0.395 e. The molecular weight excluding hydrogens is 402 g/mol. The van der Waals surface area contributed by atoms with Crippen molar-refractivity contribution in [3.63, 3.8) is 0 Å². The SMILES string of the molecule is Cc1nc(C)c(Cl)c(Nc2nccc(-c3cc(C#N)c4c(c3)C(C)(CO)CN4)n2)n1. The number of nitrogens with zero attached hydrogens (tertiary/aromatic N) is 5. The van der Waals surface area contributed by atoms with Crippen molar-refractivity contribution >= 4 is 29.1 Å². The molecule has 3 N–H and O–H groups in total. The molecule has 9 heteroatoms. The van der Waals surface area contributed by atoms with E-state index in [2.05, 4.69) is 36.6 Å². The van der Waals surface area contributed by atoms with Gasteiger partial charge in [0.2, 0.25) is 5.95 Å². The van der Waals surface area contributed by atoms with Gasteiger partial charge < -0.3 is 15.7 Å². The summed E-state index contributed by atoms with van der Waals surface area (Å²) >= 11 is 6.31. The molecule has 0 radical (unpaired) electrons. The fraction of sp³-hybridized carbons (Fsp3) is 0.286. The van der Waals surface area contributed by atoms with Gasteiger partial charge in [0.1, 0.15) is 16.9 Å². The number of anilines is 3. The van der Waals surface area contributed by atoms with Gasteiger partial charge >= 0.3 is 0 Å². The lowest BCUT2D eigenvalue weighted by molar-refractivity contribution is 0.219. The van der Waals surface area contributed by atoms with Crippen LogP contribution >= 0.6 is 11.6 Å². The van der Waals surface area contributed by atoms with Crippen LogP contribution in [0.25, 0.3) is 11.3 Å². The van der Waals surface area contributed by atoms with E-state index in [0.29, 0.717) is 46.1 Å². The molecule has 8 nitrogen and oxygen atoms in total. The van der Waals surface area contributed by atoms with Crippen molar-refractivity contribution in [1.29, 1.82) is 5.26 Å². The summed E-state index contributed by atoms with van der Waals surface area (Å²) < 4.78 is 0. The van der Waals surface area contributed by atoms with Crippen LogP contribution in [0.15, 0.2) is 24.4 Å². The molecule has 1 aliphatic rings. The van der Waals surface area contributed by atoms with Gasteiger partial charge in [-0.2, -0.15) is 5.26 Å². The number of benzene rings is 1. The third-order valence-corrected chi connectivity index (χ3v) is 5.68. The van der Waals surface area contributed by atoms with Crippen molar-refractivity contribution < 1.29 is 5.11 Å². The van der Waals surface area contributed by atoms with E-state index in [1.54, 1.807) is 32.2 Å². The Morgan fingerprint density at radius 2 is 2.10 bits per heavy atom. The zero-order valence-corrected chi connectivity index (χ0v) is 17.5. The maximum Gasteiger partial charge on any atom is 0.228 e. The normalized spacial score (nSPS) is 17.2. The van der Waals surface area contributed by atoms with Crippen molar-refractivity contribution in [2.24, 2.45) is 0 Å². The molecule has 2 aromatic heterocycles. The van der Waals surface area contributed by atoms with E-state index in [1.807, 2.05) is 13.0 Å². The van der Waals surface area contributed by atoms with E-state index >= 15 is 0 Å². The topological polar surface area (TPSA) is 120 Å². The number of aromatic nitrogens is 4. The van der Waals surface area contributed by atoms with Crippen molar-refractivity contribution in [1.82, 2.24) is 19.9 Å². The van der Waals surface area contributed by atoms with Crippen LogP contribution in [0.1, 0.15) is 29.6 Å². The maximum absolute atomic E-state index is 9.89. The molecule has 4 rings (SSSR count). The monoisotopic (exact) mass is 421 g/mol. The second-order valence-corrected chi connectivity index (χ2v) is 7.92. The third kappa shape index (κ3) is 3.43. The first-order valence-electron chi connectivity index (χ1n) is 9.39. The minimum Gasteiger partial charge on any atom is -0.395 e. The molecule has 0 spiro atoms. The first-order chi connectivity index (χ1) is 14.3. The first kappa shape index (κ1) is 20.0. The lowest BCUT2D eigenvalue weighted by Gasteiger charge is -2.21. The van der Waals surface area contributed by atoms with E-state index in [0.717, 1.165) is 16.8 Å². The lowest BCUT2D eigenvalue weighted by Crippen LogP contribution is -2.28. The highest BCUT2D eigenvalue weighted by atomic mass is 35.5. The minimum absolute atomic E-state index is 0.0250. The number of hydrogen-bond donors (Lipinski definition) is 3. The van der Waals surface area contributed by atoms with Crippen molar-refractivity contribution in [3.05, 3.63) is 52.1 Å². The van der Waals surface area contributed by atoms with Crippen LogP contribution in [-0.2, 0) is 5.41 Å². The number of hydrogen-bond acceptors (Lipinski definition) is 8. The number of nitriles is 1. The van der Waals surface area contributed by atoms with Gasteiger partial charge in [0.25, 0.3) is 0 Å². The number of aliphatic hydroxyl groups is 1. The van der Waals surface area contributed by atoms with Crippen LogP contribution < -0.4 is 10.6 Å². The Morgan fingerprint density at radius 3 is 2.83 bits per heavy atom. The fourth-order valence-electron chi connectivity index (χ4n) is 3.53. The summed E-state index contributed by atoms with van der Waals surface area (Å²) in [5.74, 6) is 1.35. The van der Waals surface area contributed by atoms with E-state index in [4.69, 9.17) is 11.6 Å². The Bertz CT molecular complexity index is 1190. The standard InChI is InChI=1S/C21H20ClN7O/c1-11-17(22)19(27-12(2)26-11)29-20-24-5-4-16(28-20)13-6-14(8-23)18-15(7-13)21(3,10-30)9-25-18/h4-7,25,30H,9-10H2,1-3H3,(H,24,26,27,28,29). The first-order valence-corrected chi connectivity index (χ1v) is 9.77. The second kappa shape index (κ2) is 7.52. The summed E-state index contributed by atoms with van der Waals surface area (Å²) in [7, 11) is 0. The summed E-state index contributed by atoms with van der Waals surface area (Å²) in [6, 6.07) is 7.75. The van der Waals surface area contributed by atoms with Crippen LogP contribution in [-0.4, -0.2) is 38.2 Å². The average Bonchev–Trinajstić information content (AvgIpc) is 3.08. The van der Waals surface area contributed by atoms with Gasteiger partial charge in [0, 0.05) is 23.7 Å². The van der Waals surface area contributed by atoms with Gasteiger partial charge in [-0.3, -0.25) is 0 Å². The summed E-state index contributed by atoms with van der Waals surface area (Å²) in [4.78, 5) is 17.4. The smallest absolute Gasteiger partial charge is 0.228 e. The summed E-state index contributed by atoms with van der Waals surface area (Å²) in [5, 5.41) is 26.2. The Kier molecular flexibility index (Phi) is 5.02. The Labute approximate surface area is 179 Å². The van der Waals surface area contributed by atoms with Gasteiger partial charge in [0.15, 0.2) is 5.82 Å². The maximum atomic E-state index is 9.89. The highest BCUT2D eigenvalue weighted by molar-refractivity contribution is 6.33. The van der Waals surface area contributed by atoms with E-state index < -0.39 is 5.41 Å². The Hall–Kier alpha value is -3.28. The van der Waals surface area contributed by atoms with Crippen LogP contribution in [0.2, 0.25) is 5.02 Å².